The maximum absolute atomic E-state index is 10.1. The van der Waals surface area contributed by atoms with Gasteiger partial charge in [0.25, 0.3) is 0 Å². The van der Waals surface area contributed by atoms with Crippen LogP contribution in [0.25, 0.3) is 0 Å². The first-order chi connectivity index (χ1) is 10.5. The quantitative estimate of drug-likeness (QED) is 0.809. The van der Waals surface area contributed by atoms with Crippen molar-refractivity contribution in [3.05, 3.63) is 0 Å². The Kier molecular flexibility index (Phi) is 3.48. The molecule has 4 aliphatic carbocycles. The molecule has 2 bridgehead atoms. The third-order valence-corrected chi connectivity index (χ3v) is 8.99. The maximum atomic E-state index is 10.1. The number of hydrogen-bond donors (Lipinski definition) is 2. The van der Waals surface area contributed by atoms with Crippen molar-refractivity contribution in [2.75, 3.05) is 13.2 Å². The van der Waals surface area contributed by atoms with Gasteiger partial charge in [-0.2, -0.15) is 0 Å². The monoisotopic (exact) mass is 306 g/mol. The van der Waals surface area contributed by atoms with Gasteiger partial charge >= 0.3 is 0 Å². The van der Waals surface area contributed by atoms with E-state index in [1.54, 1.807) is 0 Å². The highest BCUT2D eigenvalue weighted by Crippen LogP contribution is 2.72. The molecule has 2 nitrogen and oxygen atoms in total. The highest BCUT2D eigenvalue weighted by Gasteiger charge is 2.64. The van der Waals surface area contributed by atoms with Crippen LogP contribution in [0.1, 0.15) is 71.6 Å². The molecule has 4 fully saturated rings. The predicted molar refractivity (Wildman–Crippen MR) is 88.3 cm³/mol. The van der Waals surface area contributed by atoms with Gasteiger partial charge in [0.1, 0.15) is 0 Å². The van der Waals surface area contributed by atoms with Crippen molar-refractivity contribution < 1.29 is 10.2 Å². The molecule has 0 aliphatic heterocycles. The van der Waals surface area contributed by atoms with E-state index in [0.29, 0.717) is 35.9 Å². The van der Waals surface area contributed by atoms with Gasteiger partial charge in [0.2, 0.25) is 0 Å². The zero-order chi connectivity index (χ0) is 15.6. The largest absolute Gasteiger partial charge is 0.396 e. The Labute approximate surface area is 135 Å². The lowest BCUT2D eigenvalue weighted by Gasteiger charge is -2.64. The predicted octanol–water partition coefficient (Wildman–Crippen LogP) is 4.00. The smallest absolute Gasteiger partial charge is 0.0487 e. The van der Waals surface area contributed by atoms with Crippen LogP contribution in [0.15, 0.2) is 0 Å². The highest BCUT2D eigenvalue weighted by molar-refractivity contribution is 5.13. The number of aliphatic hydroxyl groups is 2. The Balaban J connectivity index is 1.69. The SMILES string of the molecule is CC1(CO)CCCC2(C)C1CCC13CC(CO)C(CCC12)C3. The maximum Gasteiger partial charge on any atom is 0.0487 e. The van der Waals surface area contributed by atoms with E-state index in [0.717, 1.165) is 11.8 Å². The first-order valence-corrected chi connectivity index (χ1v) is 9.69. The molecule has 4 saturated carbocycles. The van der Waals surface area contributed by atoms with Crippen molar-refractivity contribution in [2.24, 2.45) is 39.9 Å². The summed E-state index contributed by atoms with van der Waals surface area (Å²) in [6, 6.07) is 0. The second-order valence-corrected chi connectivity index (χ2v) is 9.87. The van der Waals surface area contributed by atoms with Crippen LogP contribution < -0.4 is 0 Å². The summed E-state index contributed by atoms with van der Waals surface area (Å²) < 4.78 is 0. The Bertz CT molecular complexity index is 449. The van der Waals surface area contributed by atoms with Crippen molar-refractivity contribution in [3.63, 3.8) is 0 Å². The molecule has 2 N–H and O–H groups in total. The Morgan fingerprint density at radius 2 is 1.73 bits per heavy atom. The van der Waals surface area contributed by atoms with Crippen LogP contribution in [0.5, 0.6) is 0 Å². The van der Waals surface area contributed by atoms with Gasteiger partial charge in [0.05, 0.1) is 0 Å². The lowest BCUT2D eigenvalue weighted by molar-refractivity contribution is -0.159. The molecule has 22 heavy (non-hydrogen) atoms. The fourth-order valence-corrected chi connectivity index (χ4v) is 8.13. The molecule has 4 aliphatic rings. The average molecular weight is 306 g/mol. The lowest BCUT2D eigenvalue weighted by Crippen LogP contribution is -2.57. The molecule has 2 heteroatoms. The summed E-state index contributed by atoms with van der Waals surface area (Å²) in [5.74, 6) is 2.93. The second kappa shape index (κ2) is 4.96. The molecular formula is C20H34O2. The lowest BCUT2D eigenvalue weighted by atomic mass is 9.41. The van der Waals surface area contributed by atoms with Gasteiger partial charge in [-0.3, -0.25) is 0 Å². The van der Waals surface area contributed by atoms with Gasteiger partial charge in [-0.25, -0.2) is 0 Å². The van der Waals surface area contributed by atoms with Gasteiger partial charge in [-0.1, -0.05) is 20.3 Å². The molecule has 0 aromatic heterocycles. The molecule has 0 aromatic rings. The second-order valence-electron chi connectivity index (χ2n) is 9.87. The molecule has 0 aromatic carbocycles. The zero-order valence-corrected chi connectivity index (χ0v) is 14.5. The van der Waals surface area contributed by atoms with Crippen LogP contribution in [0.2, 0.25) is 0 Å². The third kappa shape index (κ3) is 1.86. The Morgan fingerprint density at radius 3 is 2.45 bits per heavy atom. The highest BCUT2D eigenvalue weighted by atomic mass is 16.3. The van der Waals surface area contributed by atoms with Crippen LogP contribution in [-0.4, -0.2) is 23.4 Å². The van der Waals surface area contributed by atoms with Crippen molar-refractivity contribution >= 4 is 0 Å². The molecular weight excluding hydrogens is 272 g/mol. The van der Waals surface area contributed by atoms with E-state index >= 15 is 0 Å². The van der Waals surface area contributed by atoms with E-state index in [2.05, 4.69) is 13.8 Å². The molecule has 0 amide bonds. The third-order valence-electron chi connectivity index (χ3n) is 8.99. The van der Waals surface area contributed by atoms with Gasteiger partial charge in [-0.05, 0) is 91.3 Å². The van der Waals surface area contributed by atoms with Crippen LogP contribution >= 0.6 is 0 Å². The first-order valence-electron chi connectivity index (χ1n) is 9.69. The summed E-state index contributed by atoms with van der Waals surface area (Å²) in [5, 5.41) is 19.9. The zero-order valence-electron chi connectivity index (χ0n) is 14.5. The molecule has 4 rings (SSSR count). The van der Waals surface area contributed by atoms with E-state index in [-0.39, 0.29) is 5.41 Å². The molecule has 126 valence electrons. The summed E-state index contributed by atoms with van der Waals surface area (Å²) in [4.78, 5) is 0. The van der Waals surface area contributed by atoms with Gasteiger partial charge in [0.15, 0.2) is 0 Å². The molecule has 0 radical (unpaired) electrons. The van der Waals surface area contributed by atoms with E-state index in [4.69, 9.17) is 0 Å². The number of aliphatic hydroxyl groups excluding tert-OH is 2. The topological polar surface area (TPSA) is 40.5 Å². The standard InChI is InChI=1S/C20H34O2/c1-18(13-22)7-3-8-19(2)16(18)6-9-20-10-14(4-5-17(19)20)15(11-20)12-21/h14-17,21-22H,3-13H2,1-2H3. The molecule has 0 heterocycles. The summed E-state index contributed by atoms with van der Waals surface area (Å²) in [5.41, 5.74) is 1.12. The minimum Gasteiger partial charge on any atom is -0.396 e. The van der Waals surface area contributed by atoms with E-state index in [9.17, 15) is 10.2 Å². The summed E-state index contributed by atoms with van der Waals surface area (Å²) in [7, 11) is 0. The van der Waals surface area contributed by atoms with Crippen LogP contribution in [0.4, 0.5) is 0 Å². The van der Waals surface area contributed by atoms with Gasteiger partial charge in [0, 0.05) is 13.2 Å². The first kappa shape index (κ1) is 15.4. The van der Waals surface area contributed by atoms with E-state index < -0.39 is 0 Å². The number of hydrogen-bond acceptors (Lipinski definition) is 2. The van der Waals surface area contributed by atoms with Crippen LogP contribution in [-0.2, 0) is 0 Å². The molecule has 1 spiro atoms. The summed E-state index contributed by atoms with van der Waals surface area (Å²) >= 11 is 0. The van der Waals surface area contributed by atoms with Gasteiger partial charge < -0.3 is 10.2 Å². The van der Waals surface area contributed by atoms with Crippen molar-refractivity contribution in [1.82, 2.24) is 0 Å². The van der Waals surface area contributed by atoms with Crippen molar-refractivity contribution in [3.8, 4) is 0 Å². The molecule has 7 atom stereocenters. The van der Waals surface area contributed by atoms with Crippen LogP contribution in [0.3, 0.4) is 0 Å². The number of fused-ring (bicyclic) bond motifs is 3. The summed E-state index contributed by atoms with van der Waals surface area (Å²) in [6.07, 6.45) is 12.0. The fraction of sp³-hybridized carbons (Fsp3) is 1.00. The minimum atomic E-state index is 0.153. The molecule has 7 unspecified atom stereocenters. The van der Waals surface area contributed by atoms with Crippen molar-refractivity contribution in [2.45, 2.75) is 71.6 Å². The van der Waals surface area contributed by atoms with Crippen molar-refractivity contribution in [1.29, 1.82) is 0 Å². The summed E-state index contributed by atoms with van der Waals surface area (Å²) in [6.45, 7) is 5.70. The minimum absolute atomic E-state index is 0.153. The fourth-order valence-electron chi connectivity index (χ4n) is 8.13. The van der Waals surface area contributed by atoms with Gasteiger partial charge in [-0.15, -0.1) is 0 Å². The van der Waals surface area contributed by atoms with E-state index in [1.807, 2.05) is 0 Å². The average Bonchev–Trinajstić information content (AvgIpc) is 2.77. The Morgan fingerprint density at radius 1 is 0.909 bits per heavy atom. The Hall–Kier alpha value is -0.0800. The van der Waals surface area contributed by atoms with E-state index in [1.165, 1.54) is 57.8 Å². The number of rotatable bonds is 2. The normalized spacial score (nSPS) is 57.3. The molecule has 0 saturated heterocycles. The van der Waals surface area contributed by atoms with Crippen LogP contribution in [0, 0.1) is 39.9 Å².